The van der Waals surface area contributed by atoms with Gasteiger partial charge in [-0.15, -0.1) is 0 Å². The van der Waals surface area contributed by atoms with Crippen LogP contribution in [-0.4, -0.2) is 45.0 Å². The zero-order valence-corrected chi connectivity index (χ0v) is 18.2. The molecule has 156 valence electrons. The zero-order valence-electron chi connectivity index (χ0n) is 17.4. The van der Waals surface area contributed by atoms with Crippen molar-refractivity contribution in [1.29, 1.82) is 0 Å². The molecule has 1 N–H and O–H groups in total. The van der Waals surface area contributed by atoms with E-state index in [9.17, 15) is 13.2 Å². The molecule has 0 atom stereocenters. The fraction of sp³-hybridized carbons (Fsp3) is 0.409. The summed E-state index contributed by atoms with van der Waals surface area (Å²) in [5.41, 5.74) is 2.21. The first-order valence-corrected chi connectivity index (χ1v) is 11.2. The predicted octanol–water partition coefficient (Wildman–Crippen LogP) is 3.01. The molecule has 1 amide bonds. The number of hydrogen-bond donors (Lipinski definition) is 1. The van der Waals surface area contributed by atoms with Crippen LogP contribution in [0, 0.1) is 0 Å². The topological polar surface area (TPSA) is 75.7 Å². The Morgan fingerprint density at radius 2 is 1.62 bits per heavy atom. The lowest BCUT2D eigenvalue weighted by Crippen LogP contribution is -2.40. The minimum absolute atomic E-state index is 0.0288. The number of methoxy groups -OCH3 is 1. The SMILES string of the molecule is COc1ccc(C(=O)N2CCc3ccccc3CC2)cc1S(=O)(=O)NC(C)(C)C. The number of sulfonamides is 1. The summed E-state index contributed by atoms with van der Waals surface area (Å²) in [7, 11) is -2.43. The van der Waals surface area contributed by atoms with Gasteiger partial charge in [0.25, 0.3) is 5.91 Å². The Morgan fingerprint density at radius 3 is 2.14 bits per heavy atom. The molecule has 1 aliphatic heterocycles. The van der Waals surface area contributed by atoms with Crippen molar-refractivity contribution in [3.63, 3.8) is 0 Å². The fourth-order valence-electron chi connectivity index (χ4n) is 3.53. The van der Waals surface area contributed by atoms with Gasteiger partial charge in [0, 0.05) is 24.2 Å². The molecule has 7 heteroatoms. The van der Waals surface area contributed by atoms with E-state index >= 15 is 0 Å². The number of ether oxygens (including phenoxy) is 1. The lowest BCUT2D eigenvalue weighted by molar-refractivity contribution is 0.0763. The normalized spacial score (nSPS) is 14.8. The van der Waals surface area contributed by atoms with Crippen LogP contribution in [0.5, 0.6) is 5.75 Å². The molecule has 2 aromatic carbocycles. The van der Waals surface area contributed by atoms with Crippen molar-refractivity contribution >= 4 is 15.9 Å². The number of amides is 1. The van der Waals surface area contributed by atoms with Crippen molar-refractivity contribution in [2.45, 2.75) is 44.0 Å². The van der Waals surface area contributed by atoms with Gasteiger partial charge in [-0.2, -0.15) is 0 Å². The monoisotopic (exact) mass is 416 g/mol. The highest BCUT2D eigenvalue weighted by Crippen LogP contribution is 2.27. The van der Waals surface area contributed by atoms with Crippen molar-refractivity contribution in [2.24, 2.45) is 0 Å². The number of fused-ring (bicyclic) bond motifs is 1. The average Bonchev–Trinajstić information content (AvgIpc) is 2.88. The third-order valence-corrected chi connectivity index (χ3v) is 6.63. The second kappa shape index (κ2) is 8.16. The van der Waals surface area contributed by atoms with E-state index in [1.807, 2.05) is 12.1 Å². The summed E-state index contributed by atoms with van der Waals surface area (Å²) in [6.45, 7) is 6.50. The van der Waals surface area contributed by atoms with Gasteiger partial charge in [-0.05, 0) is 62.9 Å². The van der Waals surface area contributed by atoms with Gasteiger partial charge in [-0.25, -0.2) is 13.1 Å². The zero-order chi connectivity index (χ0) is 21.2. The number of carbonyl (C=O) groups is 1. The maximum atomic E-state index is 13.1. The standard InChI is InChI=1S/C22H28N2O4S/c1-22(2,3)23-29(26,27)20-15-18(9-10-19(20)28-4)21(25)24-13-11-16-7-5-6-8-17(16)12-14-24/h5-10,15,23H,11-14H2,1-4H3. The number of carbonyl (C=O) groups excluding carboxylic acids is 1. The highest BCUT2D eigenvalue weighted by Gasteiger charge is 2.27. The molecule has 2 aromatic rings. The van der Waals surface area contributed by atoms with Crippen LogP contribution in [0.1, 0.15) is 42.3 Å². The van der Waals surface area contributed by atoms with Crippen LogP contribution in [0.15, 0.2) is 47.4 Å². The fourth-order valence-corrected chi connectivity index (χ4v) is 5.15. The second-order valence-electron chi connectivity index (χ2n) is 8.28. The second-order valence-corrected chi connectivity index (χ2v) is 9.93. The summed E-state index contributed by atoms with van der Waals surface area (Å²) in [6.07, 6.45) is 1.57. The van der Waals surface area contributed by atoms with Gasteiger partial charge in [0.15, 0.2) is 0 Å². The van der Waals surface area contributed by atoms with Crippen molar-refractivity contribution < 1.29 is 17.9 Å². The lowest BCUT2D eigenvalue weighted by atomic mass is 10.0. The van der Waals surface area contributed by atoms with Crippen LogP contribution in [0.4, 0.5) is 0 Å². The highest BCUT2D eigenvalue weighted by atomic mass is 32.2. The van der Waals surface area contributed by atoms with Crippen LogP contribution < -0.4 is 9.46 Å². The number of rotatable bonds is 4. The largest absolute Gasteiger partial charge is 0.495 e. The minimum Gasteiger partial charge on any atom is -0.495 e. The predicted molar refractivity (Wildman–Crippen MR) is 113 cm³/mol. The van der Waals surface area contributed by atoms with E-state index in [2.05, 4.69) is 16.9 Å². The summed E-state index contributed by atoms with van der Waals surface area (Å²) < 4.78 is 33.6. The highest BCUT2D eigenvalue weighted by molar-refractivity contribution is 7.89. The van der Waals surface area contributed by atoms with Crippen LogP contribution in [0.3, 0.4) is 0 Å². The molecular formula is C22H28N2O4S. The van der Waals surface area contributed by atoms with E-state index in [4.69, 9.17) is 4.74 Å². The van der Waals surface area contributed by atoms with Crippen molar-refractivity contribution in [3.8, 4) is 5.75 Å². The summed E-state index contributed by atoms with van der Waals surface area (Å²) in [6, 6.07) is 12.8. The summed E-state index contributed by atoms with van der Waals surface area (Å²) in [5.74, 6) is 0.0363. The van der Waals surface area contributed by atoms with Crippen molar-refractivity contribution in [3.05, 3.63) is 59.2 Å². The Labute approximate surface area is 172 Å². The Balaban J connectivity index is 1.89. The van der Waals surface area contributed by atoms with Crippen LogP contribution in [0.25, 0.3) is 0 Å². The number of nitrogens with zero attached hydrogens (tertiary/aromatic N) is 1. The molecule has 0 fully saturated rings. The minimum atomic E-state index is -3.84. The molecule has 1 heterocycles. The van der Waals surface area contributed by atoms with Gasteiger partial charge in [0.1, 0.15) is 10.6 Å². The van der Waals surface area contributed by atoms with Gasteiger partial charge in [-0.1, -0.05) is 24.3 Å². The molecule has 0 spiro atoms. The maximum absolute atomic E-state index is 13.1. The molecule has 0 saturated heterocycles. The summed E-state index contributed by atoms with van der Waals surface area (Å²) >= 11 is 0. The van der Waals surface area contributed by atoms with Gasteiger partial charge < -0.3 is 9.64 Å². The van der Waals surface area contributed by atoms with E-state index in [1.165, 1.54) is 30.4 Å². The Morgan fingerprint density at radius 1 is 1.03 bits per heavy atom. The van der Waals surface area contributed by atoms with E-state index in [0.29, 0.717) is 18.7 Å². The number of benzene rings is 2. The molecular weight excluding hydrogens is 388 g/mol. The molecule has 0 bridgehead atoms. The lowest BCUT2D eigenvalue weighted by Gasteiger charge is -2.23. The third kappa shape index (κ3) is 4.97. The van der Waals surface area contributed by atoms with Crippen molar-refractivity contribution in [1.82, 2.24) is 9.62 Å². The third-order valence-electron chi connectivity index (χ3n) is 4.85. The van der Waals surface area contributed by atoms with Gasteiger partial charge in [-0.3, -0.25) is 4.79 Å². The molecule has 6 nitrogen and oxygen atoms in total. The molecule has 0 saturated carbocycles. The van der Waals surface area contributed by atoms with E-state index in [1.54, 1.807) is 31.7 Å². The molecule has 3 rings (SSSR count). The van der Waals surface area contributed by atoms with E-state index in [0.717, 1.165) is 12.8 Å². The molecule has 0 aromatic heterocycles. The Hall–Kier alpha value is -2.38. The van der Waals surface area contributed by atoms with Crippen LogP contribution >= 0.6 is 0 Å². The first kappa shape index (κ1) is 21.3. The Bertz CT molecular complexity index is 983. The van der Waals surface area contributed by atoms with E-state index < -0.39 is 15.6 Å². The van der Waals surface area contributed by atoms with Gasteiger partial charge >= 0.3 is 0 Å². The van der Waals surface area contributed by atoms with Gasteiger partial charge in [0.2, 0.25) is 10.0 Å². The molecule has 29 heavy (non-hydrogen) atoms. The Kier molecular flexibility index (Phi) is 6.00. The summed E-state index contributed by atoms with van der Waals surface area (Å²) in [4.78, 5) is 14.9. The van der Waals surface area contributed by atoms with Crippen LogP contribution in [0.2, 0.25) is 0 Å². The van der Waals surface area contributed by atoms with Crippen molar-refractivity contribution in [2.75, 3.05) is 20.2 Å². The quantitative estimate of drug-likeness (QED) is 0.831. The summed E-state index contributed by atoms with van der Waals surface area (Å²) in [5, 5.41) is 0. The van der Waals surface area contributed by atoms with Gasteiger partial charge in [0.05, 0.1) is 7.11 Å². The van der Waals surface area contributed by atoms with Crippen LogP contribution in [-0.2, 0) is 22.9 Å². The molecule has 0 aliphatic carbocycles. The smallest absolute Gasteiger partial charge is 0.253 e. The first-order chi connectivity index (χ1) is 13.6. The molecule has 0 radical (unpaired) electrons. The van der Waals surface area contributed by atoms with E-state index in [-0.39, 0.29) is 16.6 Å². The number of nitrogens with one attached hydrogen (secondary N) is 1. The molecule has 0 unspecified atom stereocenters. The number of hydrogen-bond acceptors (Lipinski definition) is 4. The first-order valence-electron chi connectivity index (χ1n) is 9.69. The average molecular weight is 417 g/mol. The molecule has 1 aliphatic rings. The maximum Gasteiger partial charge on any atom is 0.253 e.